The van der Waals surface area contributed by atoms with Gasteiger partial charge in [0.05, 0.1) is 5.69 Å². The molecule has 20 heavy (non-hydrogen) atoms. The first kappa shape index (κ1) is 12.6. The summed E-state index contributed by atoms with van der Waals surface area (Å²) in [6.07, 6.45) is 2.45. The standard InChI is InChI=1S/C15H16N4O/c1-10-8-11-4-2-3-5-14(11)19(10)15(20)13-9-12(18-16)6-7-17-13/h2-7,9-10H,8,16H2,1H3,(H,17,18). The Balaban J connectivity index is 1.98. The van der Waals surface area contributed by atoms with Crippen LogP contribution in [0.1, 0.15) is 23.0 Å². The molecule has 1 atom stereocenters. The summed E-state index contributed by atoms with van der Waals surface area (Å²) < 4.78 is 0. The number of nitrogen functional groups attached to an aromatic ring is 1. The van der Waals surface area contributed by atoms with Crippen molar-refractivity contribution in [2.75, 3.05) is 10.3 Å². The van der Waals surface area contributed by atoms with Gasteiger partial charge in [-0.1, -0.05) is 18.2 Å². The number of hydrogen-bond donors (Lipinski definition) is 2. The summed E-state index contributed by atoms with van der Waals surface area (Å²) >= 11 is 0. The zero-order valence-electron chi connectivity index (χ0n) is 11.2. The van der Waals surface area contributed by atoms with Gasteiger partial charge in [0, 0.05) is 17.9 Å². The Kier molecular flexibility index (Phi) is 3.12. The number of amides is 1. The Labute approximate surface area is 117 Å². The fourth-order valence-corrected chi connectivity index (χ4v) is 2.64. The van der Waals surface area contributed by atoms with Gasteiger partial charge >= 0.3 is 0 Å². The molecular formula is C15H16N4O. The Morgan fingerprint density at radius 3 is 3.00 bits per heavy atom. The quantitative estimate of drug-likeness (QED) is 0.645. The monoisotopic (exact) mass is 268 g/mol. The number of aromatic nitrogens is 1. The molecule has 0 spiro atoms. The Bertz CT molecular complexity index is 656. The van der Waals surface area contributed by atoms with Crippen LogP contribution in [0.2, 0.25) is 0 Å². The molecule has 5 heteroatoms. The van der Waals surface area contributed by atoms with Crippen LogP contribution in [-0.2, 0) is 6.42 Å². The van der Waals surface area contributed by atoms with E-state index in [9.17, 15) is 4.79 Å². The predicted molar refractivity (Wildman–Crippen MR) is 78.5 cm³/mol. The fourth-order valence-electron chi connectivity index (χ4n) is 2.64. The summed E-state index contributed by atoms with van der Waals surface area (Å²) in [5, 5.41) is 0. The van der Waals surface area contributed by atoms with Gasteiger partial charge < -0.3 is 10.3 Å². The van der Waals surface area contributed by atoms with Crippen molar-refractivity contribution in [3.05, 3.63) is 53.9 Å². The molecule has 2 heterocycles. The number of pyridine rings is 1. The molecule has 0 bridgehead atoms. The van der Waals surface area contributed by atoms with Crippen LogP contribution in [0.4, 0.5) is 11.4 Å². The van der Waals surface area contributed by atoms with E-state index in [2.05, 4.69) is 16.5 Å². The van der Waals surface area contributed by atoms with Crippen LogP contribution in [0.15, 0.2) is 42.6 Å². The molecule has 0 saturated heterocycles. The Morgan fingerprint density at radius 1 is 1.40 bits per heavy atom. The minimum Gasteiger partial charge on any atom is -0.324 e. The van der Waals surface area contributed by atoms with Gasteiger partial charge in [-0.2, -0.15) is 0 Å². The number of hydrazine groups is 1. The Morgan fingerprint density at radius 2 is 2.20 bits per heavy atom. The lowest BCUT2D eigenvalue weighted by Crippen LogP contribution is -2.36. The molecule has 0 aliphatic carbocycles. The van der Waals surface area contributed by atoms with E-state index in [0.29, 0.717) is 11.4 Å². The lowest BCUT2D eigenvalue weighted by atomic mass is 10.1. The summed E-state index contributed by atoms with van der Waals surface area (Å²) in [4.78, 5) is 18.6. The van der Waals surface area contributed by atoms with Gasteiger partial charge in [0.15, 0.2) is 0 Å². The third-order valence-corrected chi connectivity index (χ3v) is 3.57. The average molecular weight is 268 g/mol. The number of nitrogens with two attached hydrogens (primary N) is 1. The van der Waals surface area contributed by atoms with E-state index in [1.165, 1.54) is 5.56 Å². The zero-order chi connectivity index (χ0) is 14.1. The predicted octanol–water partition coefficient (Wildman–Crippen LogP) is 1.96. The first-order valence-corrected chi connectivity index (χ1v) is 6.55. The zero-order valence-corrected chi connectivity index (χ0v) is 11.2. The molecule has 1 unspecified atom stereocenters. The van der Waals surface area contributed by atoms with Gasteiger partial charge in [0.1, 0.15) is 5.69 Å². The molecule has 0 fully saturated rings. The highest BCUT2D eigenvalue weighted by Gasteiger charge is 2.31. The van der Waals surface area contributed by atoms with E-state index in [4.69, 9.17) is 5.84 Å². The first-order valence-electron chi connectivity index (χ1n) is 6.55. The molecule has 3 N–H and O–H groups in total. The van der Waals surface area contributed by atoms with E-state index in [-0.39, 0.29) is 11.9 Å². The van der Waals surface area contributed by atoms with Crippen molar-refractivity contribution in [2.45, 2.75) is 19.4 Å². The summed E-state index contributed by atoms with van der Waals surface area (Å²) in [7, 11) is 0. The van der Waals surface area contributed by atoms with Crippen LogP contribution in [0.3, 0.4) is 0 Å². The molecule has 1 amide bonds. The normalized spacial score (nSPS) is 16.9. The first-order chi connectivity index (χ1) is 9.70. The lowest BCUT2D eigenvalue weighted by Gasteiger charge is -2.22. The van der Waals surface area contributed by atoms with Gasteiger partial charge in [-0.05, 0) is 37.1 Å². The van der Waals surface area contributed by atoms with Gasteiger partial charge in [-0.3, -0.25) is 15.6 Å². The van der Waals surface area contributed by atoms with Crippen molar-refractivity contribution in [1.29, 1.82) is 0 Å². The molecule has 0 saturated carbocycles. The minimum absolute atomic E-state index is 0.0976. The summed E-state index contributed by atoms with van der Waals surface area (Å²) in [6.45, 7) is 2.04. The maximum Gasteiger partial charge on any atom is 0.277 e. The molecule has 1 aliphatic rings. The highest BCUT2D eigenvalue weighted by molar-refractivity contribution is 6.06. The third-order valence-electron chi connectivity index (χ3n) is 3.57. The largest absolute Gasteiger partial charge is 0.324 e. The molecule has 5 nitrogen and oxygen atoms in total. The van der Waals surface area contributed by atoms with Crippen molar-refractivity contribution in [3.8, 4) is 0 Å². The SMILES string of the molecule is CC1Cc2ccccc2N1C(=O)c1cc(NN)ccn1. The van der Waals surface area contributed by atoms with Gasteiger partial charge in [0.2, 0.25) is 0 Å². The molecule has 3 rings (SSSR count). The number of hydrogen-bond acceptors (Lipinski definition) is 4. The second-order valence-corrected chi connectivity index (χ2v) is 4.93. The Hall–Kier alpha value is -2.40. The number of rotatable bonds is 2. The second-order valence-electron chi connectivity index (χ2n) is 4.93. The van der Waals surface area contributed by atoms with Crippen molar-refractivity contribution < 1.29 is 4.79 Å². The molecule has 102 valence electrons. The number of fused-ring (bicyclic) bond motifs is 1. The maximum atomic E-state index is 12.7. The highest BCUT2D eigenvalue weighted by Crippen LogP contribution is 2.32. The van der Waals surface area contributed by atoms with Crippen LogP contribution in [0.25, 0.3) is 0 Å². The van der Waals surface area contributed by atoms with Crippen LogP contribution < -0.4 is 16.2 Å². The molecule has 1 aromatic heterocycles. The van der Waals surface area contributed by atoms with Crippen LogP contribution in [0, 0.1) is 0 Å². The van der Waals surface area contributed by atoms with Crippen molar-refractivity contribution in [1.82, 2.24) is 4.98 Å². The van der Waals surface area contributed by atoms with E-state index >= 15 is 0 Å². The number of benzene rings is 1. The van der Waals surface area contributed by atoms with E-state index in [0.717, 1.165) is 12.1 Å². The van der Waals surface area contributed by atoms with Crippen molar-refractivity contribution in [3.63, 3.8) is 0 Å². The maximum absolute atomic E-state index is 12.7. The minimum atomic E-state index is -0.0976. The van der Waals surface area contributed by atoms with E-state index in [1.54, 1.807) is 23.2 Å². The smallest absolute Gasteiger partial charge is 0.277 e. The number of para-hydroxylation sites is 1. The lowest BCUT2D eigenvalue weighted by molar-refractivity contribution is 0.0976. The number of nitrogens with zero attached hydrogens (tertiary/aromatic N) is 2. The molecule has 1 aliphatic heterocycles. The molecule has 0 radical (unpaired) electrons. The van der Waals surface area contributed by atoms with E-state index < -0.39 is 0 Å². The number of carbonyl (C=O) groups is 1. The molecular weight excluding hydrogens is 252 g/mol. The number of carbonyl (C=O) groups excluding carboxylic acids is 1. The summed E-state index contributed by atoms with van der Waals surface area (Å²) in [5.41, 5.74) is 5.76. The van der Waals surface area contributed by atoms with Gasteiger partial charge in [-0.15, -0.1) is 0 Å². The van der Waals surface area contributed by atoms with E-state index in [1.807, 2.05) is 25.1 Å². The highest BCUT2D eigenvalue weighted by atomic mass is 16.2. The van der Waals surface area contributed by atoms with Crippen LogP contribution >= 0.6 is 0 Å². The van der Waals surface area contributed by atoms with Crippen molar-refractivity contribution >= 4 is 17.3 Å². The summed E-state index contributed by atoms with van der Waals surface area (Å²) in [6, 6.07) is 11.5. The third kappa shape index (κ3) is 2.02. The summed E-state index contributed by atoms with van der Waals surface area (Å²) in [5.74, 6) is 5.28. The van der Waals surface area contributed by atoms with Gasteiger partial charge in [-0.25, -0.2) is 0 Å². The molecule has 2 aromatic rings. The molecule has 1 aromatic carbocycles. The van der Waals surface area contributed by atoms with Gasteiger partial charge in [0.25, 0.3) is 5.91 Å². The fraction of sp³-hybridized carbons (Fsp3) is 0.200. The van der Waals surface area contributed by atoms with Crippen LogP contribution in [-0.4, -0.2) is 16.9 Å². The van der Waals surface area contributed by atoms with Crippen LogP contribution in [0.5, 0.6) is 0 Å². The van der Waals surface area contributed by atoms with Crippen molar-refractivity contribution in [2.24, 2.45) is 5.84 Å². The number of anilines is 2. The average Bonchev–Trinajstić information content (AvgIpc) is 2.82. The second kappa shape index (κ2) is 4.94. The number of nitrogens with one attached hydrogen (secondary N) is 1. The topological polar surface area (TPSA) is 71.2 Å².